The second-order valence-electron chi connectivity index (χ2n) is 4.94. The zero-order chi connectivity index (χ0) is 12.3. The first-order chi connectivity index (χ1) is 8.16. The first kappa shape index (κ1) is 12.4. The van der Waals surface area contributed by atoms with Crippen molar-refractivity contribution in [2.24, 2.45) is 11.8 Å². The van der Waals surface area contributed by atoms with Crippen molar-refractivity contribution in [1.82, 2.24) is 5.32 Å². The van der Waals surface area contributed by atoms with Crippen LogP contribution in [-0.2, 0) is 14.3 Å². The molecule has 0 radical (unpaired) electrons. The largest absolute Gasteiger partial charge is 0.481 e. The van der Waals surface area contributed by atoms with Gasteiger partial charge in [-0.05, 0) is 32.1 Å². The van der Waals surface area contributed by atoms with Crippen LogP contribution in [0, 0.1) is 11.8 Å². The van der Waals surface area contributed by atoms with Crippen LogP contribution >= 0.6 is 0 Å². The Morgan fingerprint density at radius 1 is 1.06 bits per heavy atom. The summed E-state index contributed by atoms with van der Waals surface area (Å²) < 4.78 is 5.23. The van der Waals surface area contributed by atoms with E-state index in [4.69, 9.17) is 9.84 Å². The van der Waals surface area contributed by atoms with Crippen LogP contribution in [0.1, 0.15) is 32.1 Å². The van der Waals surface area contributed by atoms with Crippen molar-refractivity contribution in [3.8, 4) is 0 Å². The third kappa shape index (κ3) is 3.19. The molecule has 0 bridgehead atoms. The summed E-state index contributed by atoms with van der Waals surface area (Å²) in [6.45, 7) is 1.40. The number of rotatable bonds is 3. The maximum Gasteiger partial charge on any atom is 0.306 e. The van der Waals surface area contributed by atoms with Gasteiger partial charge in [-0.25, -0.2) is 0 Å². The summed E-state index contributed by atoms with van der Waals surface area (Å²) in [5.74, 6) is -1.19. The molecule has 1 aliphatic heterocycles. The van der Waals surface area contributed by atoms with E-state index in [0.717, 1.165) is 12.8 Å². The van der Waals surface area contributed by atoms with Gasteiger partial charge in [0.2, 0.25) is 5.91 Å². The predicted molar refractivity (Wildman–Crippen MR) is 60.5 cm³/mol. The summed E-state index contributed by atoms with van der Waals surface area (Å²) in [5.41, 5.74) is 0. The van der Waals surface area contributed by atoms with Crippen molar-refractivity contribution in [2.45, 2.75) is 38.1 Å². The second kappa shape index (κ2) is 5.49. The number of hydrogen-bond acceptors (Lipinski definition) is 3. The molecule has 2 aliphatic rings. The zero-order valence-corrected chi connectivity index (χ0v) is 9.85. The maximum atomic E-state index is 11.9. The third-order valence-electron chi connectivity index (χ3n) is 3.72. The Balaban J connectivity index is 1.78. The number of amides is 1. The second-order valence-corrected chi connectivity index (χ2v) is 4.94. The lowest BCUT2D eigenvalue weighted by atomic mass is 10.0. The molecule has 0 spiro atoms. The number of carboxylic acids is 1. The predicted octanol–water partition coefficient (Wildman–Crippen LogP) is 0.782. The Labute approximate surface area is 101 Å². The molecule has 1 saturated heterocycles. The van der Waals surface area contributed by atoms with Gasteiger partial charge in [-0.2, -0.15) is 0 Å². The van der Waals surface area contributed by atoms with Gasteiger partial charge in [0.1, 0.15) is 0 Å². The molecule has 5 heteroatoms. The molecular formula is C12H19NO4. The summed E-state index contributed by atoms with van der Waals surface area (Å²) in [4.78, 5) is 22.7. The van der Waals surface area contributed by atoms with Crippen LogP contribution in [0.4, 0.5) is 0 Å². The minimum atomic E-state index is -0.772. The Kier molecular flexibility index (Phi) is 3.99. The summed E-state index contributed by atoms with van der Waals surface area (Å²) in [6.07, 6.45) is 3.54. The molecule has 5 nitrogen and oxygen atoms in total. The van der Waals surface area contributed by atoms with Crippen LogP contribution in [0.2, 0.25) is 0 Å². The van der Waals surface area contributed by atoms with E-state index >= 15 is 0 Å². The third-order valence-corrected chi connectivity index (χ3v) is 3.72. The van der Waals surface area contributed by atoms with E-state index < -0.39 is 5.97 Å². The number of nitrogens with one attached hydrogen (secondary N) is 1. The van der Waals surface area contributed by atoms with Gasteiger partial charge in [-0.1, -0.05) is 0 Å². The highest BCUT2D eigenvalue weighted by molar-refractivity contribution is 5.81. The molecule has 0 aromatic heterocycles. The summed E-state index contributed by atoms with van der Waals surface area (Å²) in [5, 5.41) is 11.9. The number of hydrogen-bond donors (Lipinski definition) is 2. The molecule has 1 amide bonds. The lowest BCUT2D eigenvalue weighted by Crippen LogP contribution is -2.41. The normalized spacial score (nSPS) is 30.1. The maximum absolute atomic E-state index is 11.9. The van der Waals surface area contributed by atoms with Crippen LogP contribution in [0.3, 0.4) is 0 Å². The Bertz CT molecular complexity index is 299. The molecule has 0 aromatic carbocycles. The first-order valence-electron chi connectivity index (χ1n) is 6.27. The SMILES string of the molecule is O=C(O)C1CCC(C(=O)NC2CCOCC2)C1. The molecule has 2 rings (SSSR count). The summed E-state index contributed by atoms with van der Waals surface area (Å²) in [7, 11) is 0. The molecule has 17 heavy (non-hydrogen) atoms. The van der Waals surface area contributed by atoms with Gasteiger partial charge in [0.05, 0.1) is 5.92 Å². The highest BCUT2D eigenvalue weighted by Crippen LogP contribution is 2.31. The van der Waals surface area contributed by atoms with Crippen molar-refractivity contribution in [3.05, 3.63) is 0 Å². The van der Waals surface area contributed by atoms with Gasteiger partial charge >= 0.3 is 5.97 Å². The smallest absolute Gasteiger partial charge is 0.306 e. The summed E-state index contributed by atoms with van der Waals surface area (Å²) in [6, 6.07) is 0.208. The monoisotopic (exact) mass is 241 g/mol. The fourth-order valence-corrected chi connectivity index (χ4v) is 2.60. The lowest BCUT2D eigenvalue weighted by molar-refractivity contribution is -0.141. The number of ether oxygens (including phenoxy) is 1. The number of aliphatic carboxylic acids is 1. The molecule has 2 fully saturated rings. The first-order valence-corrected chi connectivity index (χ1v) is 6.27. The quantitative estimate of drug-likeness (QED) is 0.765. The molecule has 2 N–H and O–H groups in total. The lowest BCUT2D eigenvalue weighted by Gasteiger charge is -2.24. The minimum Gasteiger partial charge on any atom is -0.481 e. The Morgan fingerprint density at radius 3 is 2.29 bits per heavy atom. The fraction of sp³-hybridized carbons (Fsp3) is 0.833. The average Bonchev–Trinajstić information content (AvgIpc) is 2.79. The molecule has 1 aliphatic carbocycles. The van der Waals surface area contributed by atoms with Gasteiger partial charge in [0, 0.05) is 25.2 Å². The Morgan fingerprint density at radius 2 is 1.71 bits per heavy atom. The van der Waals surface area contributed by atoms with Gasteiger partial charge in [-0.15, -0.1) is 0 Å². The van der Waals surface area contributed by atoms with Gasteiger partial charge in [0.25, 0.3) is 0 Å². The topological polar surface area (TPSA) is 75.6 Å². The molecule has 0 aromatic rings. The molecule has 1 saturated carbocycles. The van der Waals surface area contributed by atoms with Crippen molar-refractivity contribution in [3.63, 3.8) is 0 Å². The van der Waals surface area contributed by atoms with Crippen LogP contribution in [0.5, 0.6) is 0 Å². The van der Waals surface area contributed by atoms with Crippen molar-refractivity contribution in [2.75, 3.05) is 13.2 Å². The van der Waals surface area contributed by atoms with Crippen molar-refractivity contribution < 1.29 is 19.4 Å². The molecule has 96 valence electrons. The van der Waals surface area contributed by atoms with E-state index in [0.29, 0.717) is 32.5 Å². The van der Waals surface area contributed by atoms with Gasteiger partial charge in [-0.3, -0.25) is 9.59 Å². The highest BCUT2D eigenvalue weighted by Gasteiger charge is 2.34. The van der Waals surface area contributed by atoms with E-state index in [9.17, 15) is 9.59 Å². The van der Waals surface area contributed by atoms with E-state index in [2.05, 4.69) is 5.32 Å². The van der Waals surface area contributed by atoms with Gasteiger partial charge < -0.3 is 15.2 Å². The number of carboxylic acid groups (broad SMARTS) is 1. The summed E-state index contributed by atoms with van der Waals surface area (Å²) >= 11 is 0. The van der Waals surface area contributed by atoms with E-state index in [1.54, 1.807) is 0 Å². The average molecular weight is 241 g/mol. The van der Waals surface area contributed by atoms with E-state index in [1.165, 1.54) is 0 Å². The standard InChI is InChI=1S/C12H19NO4/c14-11(13-10-3-5-17-6-4-10)8-1-2-9(7-8)12(15)16/h8-10H,1-7H2,(H,13,14)(H,15,16). The molecule has 2 unspecified atom stereocenters. The van der Waals surface area contributed by atoms with Crippen LogP contribution in [0.15, 0.2) is 0 Å². The molecular weight excluding hydrogens is 222 g/mol. The van der Waals surface area contributed by atoms with Crippen molar-refractivity contribution in [1.29, 1.82) is 0 Å². The zero-order valence-electron chi connectivity index (χ0n) is 9.85. The number of carbonyl (C=O) groups is 2. The molecule has 2 atom stereocenters. The van der Waals surface area contributed by atoms with Crippen LogP contribution < -0.4 is 5.32 Å². The molecule has 1 heterocycles. The van der Waals surface area contributed by atoms with Crippen LogP contribution in [-0.4, -0.2) is 36.2 Å². The minimum absolute atomic E-state index is 0.0284. The Hall–Kier alpha value is -1.10. The highest BCUT2D eigenvalue weighted by atomic mass is 16.5. The fourth-order valence-electron chi connectivity index (χ4n) is 2.60. The van der Waals surface area contributed by atoms with Crippen LogP contribution in [0.25, 0.3) is 0 Å². The number of carbonyl (C=O) groups excluding carboxylic acids is 1. The van der Waals surface area contributed by atoms with Crippen molar-refractivity contribution >= 4 is 11.9 Å². The van der Waals surface area contributed by atoms with Gasteiger partial charge in [0.15, 0.2) is 0 Å². The van der Waals surface area contributed by atoms with E-state index in [-0.39, 0.29) is 23.8 Å². The van der Waals surface area contributed by atoms with E-state index in [1.807, 2.05) is 0 Å².